The quantitative estimate of drug-likeness (QED) is 0.708. The first-order valence-corrected chi connectivity index (χ1v) is 8.02. The molecule has 1 saturated carbocycles. The fraction of sp³-hybridized carbons (Fsp3) is 0.316. The van der Waals surface area contributed by atoms with Gasteiger partial charge in [0, 0.05) is 18.4 Å². The van der Waals surface area contributed by atoms with Gasteiger partial charge in [-0.2, -0.15) is 5.26 Å². The average molecular weight is 302 g/mol. The van der Waals surface area contributed by atoms with Gasteiger partial charge in [0.2, 0.25) is 0 Å². The Balaban J connectivity index is 2.08. The van der Waals surface area contributed by atoms with Crippen LogP contribution in [0.3, 0.4) is 0 Å². The van der Waals surface area contributed by atoms with Gasteiger partial charge in [-0.05, 0) is 56.4 Å². The Morgan fingerprint density at radius 3 is 2.52 bits per heavy atom. The first kappa shape index (κ1) is 14.0. The summed E-state index contributed by atoms with van der Waals surface area (Å²) in [4.78, 5) is 9.12. The molecule has 0 radical (unpaired) electrons. The van der Waals surface area contributed by atoms with Gasteiger partial charge >= 0.3 is 0 Å². The number of pyridine rings is 2. The fourth-order valence-corrected chi connectivity index (χ4v) is 3.27. The zero-order chi connectivity index (χ0) is 16.0. The predicted molar refractivity (Wildman–Crippen MR) is 90.0 cm³/mol. The molecule has 0 aromatic carbocycles. The number of hydrogen-bond donors (Lipinski definition) is 0. The third kappa shape index (κ3) is 2.12. The van der Waals surface area contributed by atoms with Gasteiger partial charge in [0.15, 0.2) is 0 Å². The van der Waals surface area contributed by atoms with E-state index in [1.54, 1.807) is 0 Å². The van der Waals surface area contributed by atoms with Gasteiger partial charge in [-0.25, -0.2) is 0 Å². The highest BCUT2D eigenvalue weighted by Crippen LogP contribution is 2.41. The summed E-state index contributed by atoms with van der Waals surface area (Å²) >= 11 is 0. The summed E-state index contributed by atoms with van der Waals surface area (Å²) in [5, 5.41) is 9.76. The maximum absolute atomic E-state index is 9.76. The van der Waals surface area contributed by atoms with E-state index in [4.69, 9.17) is 0 Å². The second-order valence-corrected chi connectivity index (χ2v) is 6.39. The Kier molecular flexibility index (Phi) is 3.16. The fourth-order valence-electron chi connectivity index (χ4n) is 3.27. The lowest BCUT2D eigenvalue weighted by molar-refractivity contribution is 0.324. The van der Waals surface area contributed by atoms with Crippen molar-refractivity contribution in [2.45, 2.75) is 39.2 Å². The van der Waals surface area contributed by atoms with Crippen molar-refractivity contribution < 1.29 is 0 Å². The molecule has 0 amide bonds. The van der Waals surface area contributed by atoms with Gasteiger partial charge in [-0.1, -0.05) is 6.07 Å². The molecular weight excluding hydrogens is 284 g/mol. The molecule has 1 aliphatic rings. The minimum Gasteiger partial charge on any atom is -0.334 e. The Bertz CT molecular complexity index is 925. The zero-order valence-corrected chi connectivity index (χ0v) is 13.4. The molecule has 0 spiro atoms. The van der Waals surface area contributed by atoms with Crippen LogP contribution < -0.4 is 0 Å². The van der Waals surface area contributed by atoms with E-state index in [0.717, 1.165) is 46.4 Å². The number of aromatic nitrogens is 3. The van der Waals surface area contributed by atoms with Crippen LogP contribution in [-0.2, 0) is 0 Å². The van der Waals surface area contributed by atoms with E-state index in [1.807, 2.05) is 38.4 Å². The standard InChI is InChI=1S/C19H18N4/c1-12-6-7-16(21-10-12)19-15(9-20)18-17(8-13(2)11-22-18)23(19)14-4-3-5-14/h6-8,10-11,14H,3-5H2,1-2H3. The lowest BCUT2D eigenvalue weighted by Crippen LogP contribution is -2.18. The maximum atomic E-state index is 9.76. The molecule has 0 N–H and O–H groups in total. The molecule has 0 aliphatic heterocycles. The summed E-state index contributed by atoms with van der Waals surface area (Å²) in [6.45, 7) is 4.06. The number of hydrogen-bond acceptors (Lipinski definition) is 3. The van der Waals surface area contributed by atoms with Crippen molar-refractivity contribution in [1.29, 1.82) is 5.26 Å². The lowest BCUT2D eigenvalue weighted by atomic mass is 9.92. The molecule has 1 aliphatic carbocycles. The topological polar surface area (TPSA) is 54.5 Å². The highest BCUT2D eigenvalue weighted by atomic mass is 15.1. The third-order valence-electron chi connectivity index (χ3n) is 4.68. The smallest absolute Gasteiger partial charge is 0.107 e. The summed E-state index contributed by atoms with van der Waals surface area (Å²) in [5.74, 6) is 0. The molecule has 23 heavy (non-hydrogen) atoms. The largest absolute Gasteiger partial charge is 0.334 e. The van der Waals surface area contributed by atoms with E-state index in [9.17, 15) is 5.26 Å². The van der Waals surface area contributed by atoms with Crippen LogP contribution in [-0.4, -0.2) is 14.5 Å². The van der Waals surface area contributed by atoms with Crippen LogP contribution in [0.2, 0.25) is 0 Å². The SMILES string of the molecule is Cc1ccc(-c2c(C#N)c3ncc(C)cc3n2C2CCC2)nc1. The van der Waals surface area contributed by atoms with Crippen molar-refractivity contribution in [2.75, 3.05) is 0 Å². The molecule has 3 aromatic rings. The number of aryl methyl sites for hydroxylation is 2. The van der Waals surface area contributed by atoms with E-state index < -0.39 is 0 Å². The molecule has 4 nitrogen and oxygen atoms in total. The molecule has 1 fully saturated rings. The monoisotopic (exact) mass is 302 g/mol. The van der Waals surface area contributed by atoms with Crippen molar-refractivity contribution in [2.24, 2.45) is 0 Å². The molecule has 0 bridgehead atoms. The van der Waals surface area contributed by atoms with Crippen molar-refractivity contribution in [3.05, 3.63) is 47.3 Å². The molecular formula is C19H18N4. The first-order chi connectivity index (χ1) is 11.2. The van der Waals surface area contributed by atoms with Crippen LogP contribution in [0, 0.1) is 25.2 Å². The molecule has 0 atom stereocenters. The molecule has 4 heteroatoms. The molecule has 4 rings (SSSR count). The van der Waals surface area contributed by atoms with E-state index in [2.05, 4.69) is 26.7 Å². The minimum absolute atomic E-state index is 0.446. The average Bonchev–Trinajstić information content (AvgIpc) is 2.80. The maximum Gasteiger partial charge on any atom is 0.107 e. The van der Waals surface area contributed by atoms with E-state index in [1.165, 1.54) is 6.42 Å². The zero-order valence-electron chi connectivity index (χ0n) is 13.4. The summed E-state index contributed by atoms with van der Waals surface area (Å²) in [7, 11) is 0. The minimum atomic E-state index is 0.446. The van der Waals surface area contributed by atoms with Crippen LogP contribution in [0.1, 0.15) is 42.0 Å². The molecule has 0 saturated heterocycles. The van der Waals surface area contributed by atoms with Crippen molar-refractivity contribution in [3.8, 4) is 17.5 Å². The van der Waals surface area contributed by atoms with Gasteiger partial charge < -0.3 is 4.57 Å². The third-order valence-corrected chi connectivity index (χ3v) is 4.68. The molecule has 114 valence electrons. The van der Waals surface area contributed by atoms with Crippen LogP contribution in [0.25, 0.3) is 22.4 Å². The van der Waals surface area contributed by atoms with Crippen molar-refractivity contribution in [3.63, 3.8) is 0 Å². The van der Waals surface area contributed by atoms with Gasteiger partial charge in [-0.3, -0.25) is 9.97 Å². The van der Waals surface area contributed by atoms with E-state index in [0.29, 0.717) is 11.6 Å². The normalized spacial score (nSPS) is 14.7. The summed E-state index contributed by atoms with van der Waals surface area (Å²) in [6, 6.07) is 9.01. The molecule has 3 aromatic heterocycles. The van der Waals surface area contributed by atoms with Crippen LogP contribution in [0.15, 0.2) is 30.6 Å². The van der Waals surface area contributed by atoms with Crippen molar-refractivity contribution in [1.82, 2.24) is 14.5 Å². The van der Waals surface area contributed by atoms with Gasteiger partial charge in [0.25, 0.3) is 0 Å². The lowest BCUT2D eigenvalue weighted by Gasteiger charge is -2.30. The highest BCUT2D eigenvalue weighted by molar-refractivity contribution is 5.91. The van der Waals surface area contributed by atoms with E-state index >= 15 is 0 Å². The second-order valence-electron chi connectivity index (χ2n) is 6.39. The number of rotatable bonds is 2. The summed E-state index contributed by atoms with van der Waals surface area (Å²) in [5.41, 5.74) is 6.50. The Hall–Kier alpha value is -2.67. The van der Waals surface area contributed by atoms with Crippen LogP contribution in [0.5, 0.6) is 0 Å². The van der Waals surface area contributed by atoms with E-state index in [-0.39, 0.29) is 0 Å². The Morgan fingerprint density at radius 2 is 1.91 bits per heavy atom. The first-order valence-electron chi connectivity index (χ1n) is 8.02. The highest BCUT2D eigenvalue weighted by Gasteiger charge is 2.28. The molecule has 0 unspecified atom stereocenters. The summed E-state index contributed by atoms with van der Waals surface area (Å²) in [6.07, 6.45) is 7.24. The Morgan fingerprint density at radius 1 is 1.13 bits per heavy atom. The number of fused-ring (bicyclic) bond motifs is 1. The second kappa shape index (κ2) is 5.20. The van der Waals surface area contributed by atoms with Gasteiger partial charge in [-0.15, -0.1) is 0 Å². The van der Waals surface area contributed by atoms with Crippen LogP contribution >= 0.6 is 0 Å². The van der Waals surface area contributed by atoms with Crippen LogP contribution in [0.4, 0.5) is 0 Å². The molecule has 3 heterocycles. The number of nitrogens with zero attached hydrogens (tertiary/aromatic N) is 4. The number of nitriles is 1. The van der Waals surface area contributed by atoms with Crippen molar-refractivity contribution >= 4 is 11.0 Å². The summed E-state index contributed by atoms with van der Waals surface area (Å²) < 4.78 is 2.30. The predicted octanol–water partition coefficient (Wildman–Crippen LogP) is 4.31. The Labute approximate surface area is 135 Å². The van der Waals surface area contributed by atoms with Gasteiger partial charge in [0.1, 0.15) is 17.1 Å². The van der Waals surface area contributed by atoms with Gasteiger partial charge in [0.05, 0.1) is 16.9 Å².